The molecule has 1 atom stereocenters. The third-order valence-corrected chi connectivity index (χ3v) is 4.75. The molecule has 132 valence electrons. The minimum Gasteiger partial charge on any atom is -0.378 e. The highest BCUT2D eigenvalue weighted by atomic mass is 32.2. The van der Waals surface area contributed by atoms with Crippen LogP contribution in [0.4, 0.5) is 5.69 Å². The molecule has 10 nitrogen and oxygen atoms in total. The van der Waals surface area contributed by atoms with Gasteiger partial charge < -0.3 is 15.4 Å². The van der Waals surface area contributed by atoms with E-state index in [-0.39, 0.29) is 36.2 Å². The largest absolute Gasteiger partial charge is 0.378 e. The summed E-state index contributed by atoms with van der Waals surface area (Å²) < 4.78 is 31.6. The third kappa shape index (κ3) is 4.96. The fourth-order valence-electron chi connectivity index (χ4n) is 2.08. The summed E-state index contributed by atoms with van der Waals surface area (Å²) in [4.78, 5) is 21.6. The van der Waals surface area contributed by atoms with Crippen LogP contribution in [0.5, 0.6) is 0 Å². The molecule has 0 aliphatic carbocycles. The molecule has 0 bridgehead atoms. The van der Waals surface area contributed by atoms with Gasteiger partial charge in [-0.05, 0) is 6.07 Å². The van der Waals surface area contributed by atoms with Crippen molar-refractivity contribution in [2.75, 3.05) is 32.8 Å². The van der Waals surface area contributed by atoms with Crippen molar-refractivity contribution in [1.29, 1.82) is 0 Å². The molecule has 1 aliphatic heterocycles. The molecular weight excluding hydrogens is 340 g/mol. The lowest BCUT2D eigenvalue weighted by molar-refractivity contribution is -0.385. The van der Waals surface area contributed by atoms with Crippen molar-refractivity contribution in [3.05, 3.63) is 34.4 Å². The maximum absolute atomic E-state index is 12.1. The number of carbonyl (C=O) groups is 1. The predicted octanol–water partition coefficient (Wildman–Crippen LogP) is -1.02. The number of hydrogen-bond acceptors (Lipinski definition) is 7. The van der Waals surface area contributed by atoms with Gasteiger partial charge in [-0.25, -0.2) is 13.1 Å². The predicted molar refractivity (Wildman–Crippen MR) is 83.9 cm³/mol. The Balaban J connectivity index is 1.83. The summed E-state index contributed by atoms with van der Waals surface area (Å²) in [6, 6.07) is 4.29. The van der Waals surface area contributed by atoms with Gasteiger partial charge in [0.25, 0.3) is 5.69 Å². The first-order valence-corrected chi connectivity index (χ1v) is 8.71. The van der Waals surface area contributed by atoms with Gasteiger partial charge in [-0.15, -0.1) is 0 Å². The lowest BCUT2D eigenvalue weighted by Crippen LogP contribution is -2.52. The molecule has 1 unspecified atom stereocenters. The van der Waals surface area contributed by atoms with E-state index in [4.69, 9.17) is 4.74 Å². The molecule has 1 fully saturated rings. The highest BCUT2D eigenvalue weighted by Gasteiger charge is 2.21. The van der Waals surface area contributed by atoms with Gasteiger partial charge >= 0.3 is 0 Å². The lowest BCUT2D eigenvalue weighted by Gasteiger charge is -2.22. The Labute approximate surface area is 138 Å². The Kier molecular flexibility index (Phi) is 6.20. The van der Waals surface area contributed by atoms with Crippen molar-refractivity contribution in [1.82, 2.24) is 15.4 Å². The molecule has 0 radical (unpaired) electrons. The van der Waals surface area contributed by atoms with Crippen LogP contribution >= 0.6 is 0 Å². The number of carbonyl (C=O) groups excluding carboxylic acids is 1. The monoisotopic (exact) mass is 358 g/mol. The number of nitro groups is 1. The van der Waals surface area contributed by atoms with Crippen LogP contribution in [-0.2, 0) is 19.6 Å². The molecule has 1 saturated heterocycles. The van der Waals surface area contributed by atoms with Crippen molar-refractivity contribution >= 4 is 21.6 Å². The van der Waals surface area contributed by atoms with E-state index in [1.54, 1.807) is 0 Å². The number of non-ortho nitro benzene ring substituents is 1. The van der Waals surface area contributed by atoms with E-state index in [0.717, 1.165) is 6.07 Å². The second-order valence-electron chi connectivity index (χ2n) is 5.02. The summed E-state index contributed by atoms with van der Waals surface area (Å²) in [6.07, 6.45) is 0. The minimum atomic E-state index is -3.89. The number of sulfonamides is 1. The zero-order chi connectivity index (χ0) is 17.6. The molecular formula is C13H18N4O6S. The van der Waals surface area contributed by atoms with Gasteiger partial charge in [-0.2, -0.15) is 0 Å². The summed E-state index contributed by atoms with van der Waals surface area (Å²) >= 11 is 0. The molecule has 1 heterocycles. The molecule has 1 amide bonds. The van der Waals surface area contributed by atoms with E-state index in [9.17, 15) is 23.3 Å². The first kappa shape index (κ1) is 18.3. The number of benzene rings is 1. The zero-order valence-electron chi connectivity index (χ0n) is 12.7. The van der Waals surface area contributed by atoms with E-state index in [1.807, 2.05) is 0 Å². The van der Waals surface area contributed by atoms with Gasteiger partial charge in [0.1, 0.15) is 6.04 Å². The van der Waals surface area contributed by atoms with Gasteiger partial charge in [-0.3, -0.25) is 14.9 Å². The second-order valence-corrected chi connectivity index (χ2v) is 6.79. The molecule has 0 aromatic heterocycles. The normalized spacial score (nSPS) is 18.1. The number of morpholine rings is 1. The van der Waals surface area contributed by atoms with Crippen molar-refractivity contribution in [3.8, 4) is 0 Å². The van der Waals surface area contributed by atoms with Crippen LogP contribution in [0.15, 0.2) is 29.2 Å². The number of amides is 1. The van der Waals surface area contributed by atoms with Gasteiger partial charge in [0.15, 0.2) is 0 Å². The van der Waals surface area contributed by atoms with Crippen LogP contribution < -0.4 is 15.4 Å². The minimum absolute atomic E-state index is 0.0374. The Morgan fingerprint density at radius 2 is 2.21 bits per heavy atom. The average molecular weight is 358 g/mol. The average Bonchev–Trinajstić information content (AvgIpc) is 2.59. The Morgan fingerprint density at radius 1 is 1.42 bits per heavy atom. The summed E-state index contributed by atoms with van der Waals surface area (Å²) in [5.41, 5.74) is -0.311. The van der Waals surface area contributed by atoms with Crippen LogP contribution in [0.25, 0.3) is 0 Å². The number of nitro benzene ring substituents is 1. The van der Waals surface area contributed by atoms with Gasteiger partial charge in [0.2, 0.25) is 15.9 Å². The van der Waals surface area contributed by atoms with Crippen molar-refractivity contribution in [3.63, 3.8) is 0 Å². The fraction of sp³-hybridized carbons (Fsp3) is 0.462. The first-order chi connectivity index (χ1) is 11.4. The van der Waals surface area contributed by atoms with Gasteiger partial charge in [-0.1, -0.05) is 6.07 Å². The fourth-order valence-corrected chi connectivity index (χ4v) is 3.15. The van der Waals surface area contributed by atoms with Crippen LogP contribution in [0.3, 0.4) is 0 Å². The Morgan fingerprint density at radius 3 is 2.88 bits per heavy atom. The molecule has 1 aliphatic rings. The van der Waals surface area contributed by atoms with E-state index in [0.29, 0.717) is 13.2 Å². The number of hydrogen-bond donors (Lipinski definition) is 3. The maximum atomic E-state index is 12.1. The highest BCUT2D eigenvalue weighted by Crippen LogP contribution is 2.16. The molecule has 0 saturated carbocycles. The molecule has 2 rings (SSSR count). The van der Waals surface area contributed by atoms with Crippen LogP contribution in [-0.4, -0.2) is 58.1 Å². The molecule has 1 aromatic rings. The van der Waals surface area contributed by atoms with E-state index < -0.39 is 21.0 Å². The second kappa shape index (κ2) is 8.15. The molecule has 24 heavy (non-hydrogen) atoms. The quantitative estimate of drug-likeness (QED) is 0.322. The highest BCUT2D eigenvalue weighted by molar-refractivity contribution is 7.89. The lowest BCUT2D eigenvalue weighted by atomic mass is 10.2. The van der Waals surface area contributed by atoms with Crippen LogP contribution in [0, 0.1) is 10.1 Å². The SMILES string of the molecule is O=C(NCCNS(=O)(=O)c1cccc([N+](=O)[O-])c1)C1COCCN1. The van der Waals surface area contributed by atoms with Crippen molar-refractivity contribution < 1.29 is 22.9 Å². The molecule has 0 spiro atoms. The standard InChI is InChI=1S/C13H18N4O6S/c18-13(12-9-23-7-6-14-12)15-4-5-16-24(21,22)11-3-1-2-10(8-11)17(19)20/h1-3,8,12,14,16H,4-7,9H2,(H,15,18). The number of nitrogens with one attached hydrogen (secondary N) is 3. The molecule has 11 heteroatoms. The molecule has 3 N–H and O–H groups in total. The summed E-state index contributed by atoms with van der Waals surface area (Å²) in [5.74, 6) is -0.274. The number of nitrogens with zero attached hydrogens (tertiary/aromatic N) is 1. The smallest absolute Gasteiger partial charge is 0.270 e. The van der Waals surface area contributed by atoms with Gasteiger partial charge in [0, 0.05) is 31.8 Å². The Hall–Kier alpha value is -2.08. The maximum Gasteiger partial charge on any atom is 0.270 e. The van der Waals surface area contributed by atoms with Crippen molar-refractivity contribution in [2.45, 2.75) is 10.9 Å². The number of ether oxygens (including phenoxy) is 1. The third-order valence-electron chi connectivity index (χ3n) is 3.29. The Bertz CT molecular complexity index is 702. The zero-order valence-corrected chi connectivity index (χ0v) is 13.5. The van der Waals surface area contributed by atoms with E-state index in [2.05, 4.69) is 15.4 Å². The van der Waals surface area contributed by atoms with Crippen LogP contribution in [0.2, 0.25) is 0 Å². The topological polar surface area (TPSA) is 140 Å². The first-order valence-electron chi connectivity index (χ1n) is 7.23. The summed E-state index contributed by atoms with van der Waals surface area (Å²) in [5, 5.41) is 16.3. The van der Waals surface area contributed by atoms with Crippen LogP contribution in [0.1, 0.15) is 0 Å². The van der Waals surface area contributed by atoms with E-state index in [1.165, 1.54) is 18.2 Å². The molecule has 1 aromatic carbocycles. The summed E-state index contributed by atoms with van der Waals surface area (Å²) in [7, 11) is -3.89. The van der Waals surface area contributed by atoms with Gasteiger partial charge in [0.05, 0.1) is 23.0 Å². The van der Waals surface area contributed by atoms with E-state index >= 15 is 0 Å². The summed E-state index contributed by atoms with van der Waals surface area (Å²) in [6.45, 7) is 1.45. The van der Waals surface area contributed by atoms with Crippen molar-refractivity contribution in [2.24, 2.45) is 0 Å². The number of rotatable bonds is 7.